The van der Waals surface area contributed by atoms with Crippen LogP contribution in [0.3, 0.4) is 0 Å². The Kier molecular flexibility index (Phi) is 5.17. The Morgan fingerprint density at radius 2 is 1.96 bits per heavy atom. The number of benzene rings is 1. The summed E-state index contributed by atoms with van der Waals surface area (Å²) >= 11 is 0. The second-order valence-electron chi connectivity index (χ2n) is 5.78. The Morgan fingerprint density at radius 1 is 1.33 bits per heavy atom. The highest BCUT2D eigenvalue weighted by Gasteiger charge is 2.55. The van der Waals surface area contributed by atoms with Gasteiger partial charge >= 0.3 is 6.18 Å². The number of carbonyl (C=O) groups excluding carboxylic acids is 2. The molecule has 0 unspecified atom stereocenters. The number of carbonyl (C=O) groups is 2. The third-order valence-electron chi connectivity index (χ3n) is 4.21. The highest BCUT2D eigenvalue weighted by atomic mass is 19.4. The van der Waals surface area contributed by atoms with E-state index in [1.54, 1.807) is 6.92 Å². The molecule has 24 heavy (non-hydrogen) atoms. The van der Waals surface area contributed by atoms with Crippen LogP contribution in [0.25, 0.3) is 0 Å². The number of nitrogens with one attached hydrogen (secondary N) is 1. The molecule has 8 heteroatoms. The predicted molar refractivity (Wildman–Crippen MR) is 79.8 cm³/mol. The van der Waals surface area contributed by atoms with E-state index in [-0.39, 0.29) is 24.4 Å². The molecule has 0 bridgehead atoms. The predicted octanol–water partition coefficient (Wildman–Crippen LogP) is 1.42. The van der Waals surface area contributed by atoms with Crippen molar-refractivity contribution in [2.24, 2.45) is 5.92 Å². The Balaban J connectivity index is 2.09. The fourth-order valence-electron chi connectivity index (χ4n) is 2.69. The molecule has 1 fully saturated rings. The smallest absolute Gasteiger partial charge is 0.375 e. The molecule has 0 radical (unpaired) electrons. The largest absolute Gasteiger partial charge is 0.423 e. The molecule has 5 nitrogen and oxygen atoms in total. The zero-order chi connectivity index (χ0) is 18.0. The van der Waals surface area contributed by atoms with Crippen molar-refractivity contribution in [3.63, 3.8) is 0 Å². The van der Waals surface area contributed by atoms with Gasteiger partial charge in [0, 0.05) is 19.5 Å². The molecule has 1 aromatic carbocycles. The molecule has 1 heterocycles. The van der Waals surface area contributed by atoms with Crippen molar-refractivity contribution >= 4 is 11.8 Å². The maximum absolute atomic E-state index is 13.3. The zero-order valence-electron chi connectivity index (χ0n) is 13.1. The number of nitrogens with zero attached hydrogens (tertiary/aromatic N) is 1. The van der Waals surface area contributed by atoms with Gasteiger partial charge in [-0.1, -0.05) is 30.3 Å². The summed E-state index contributed by atoms with van der Waals surface area (Å²) in [6.07, 6.45) is -4.99. The average molecular weight is 344 g/mol. The van der Waals surface area contributed by atoms with Crippen molar-refractivity contribution < 1.29 is 27.9 Å². The van der Waals surface area contributed by atoms with Crippen LogP contribution in [0, 0.1) is 5.92 Å². The Bertz CT molecular complexity index is 606. The van der Waals surface area contributed by atoms with Crippen molar-refractivity contribution in [1.29, 1.82) is 0 Å². The van der Waals surface area contributed by atoms with E-state index in [9.17, 15) is 27.9 Å². The van der Waals surface area contributed by atoms with E-state index in [4.69, 9.17) is 0 Å². The van der Waals surface area contributed by atoms with Crippen LogP contribution in [-0.4, -0.2) is 47.6 Å². The molecule has 1 aromatic rings. The van der Waals surface area contributed by atoms with Gasteiger partial charge in [0.2, 0.25) is 17.4 Å². The molecule has 2 rings (SSSR count). The normalized spacial score (nSPS) is 20.8. The van der Waals surface area contributed by atoms with Crippen LogP contribution in [-0.2, 0) is 15.2 Å². The molecular formula is C16H19F3N2O3. The number of hydrogen-bond acceptors (Lipinski definition) is 3. The molecule has 0 aliphatic carbocycles. The van der Waals surface area contributed by atoms with Crippen LogP contribution in [0.5, 0.6) is 0 Å². The standard InChI is InChI=1S/C16H19F3N2O3/c1-2-21-9-11(8-13(21)22)14(23)20-10-15(24,16(17,18)19)12-6-4-3-5-7-12/h3-7,11,24H,2,8-10H2,1H3,(H,20,23)/t11-,15+/m1/s1. The van der Waals surface area contributed by atoms with Crippen molar-refractivity contribution in [1.82, 2.24) is 10.2 Å². The van der Waals surface area contributed by atoms with E-state index >= 15 is 0 Å². The summed E-state index contributed by atoms with van der Waals surface area (Å²) in [5, 5.41) is 12.3. The lowest BCUT2D eigenvalue weighted by molar-refractivity contribution is -0.264. The lowest BCUT2D eigenvalue weighted by atomic mass is 9.92. The molecule has 0 spiro atoms. The van der Waals surface area contributed by atoms with Crippen molar-refractivity contribution in [2.45, 2.75) is 25.1 Å². The number of likely N-dealkylation sites (tertiary alicyclic amines) is 1. The van der Waals surface area contributed by atoms with E-state index in [2.05, 4.69) is 5.32 Å². The zero-order valence-corrected chi connectivity index (χ0v) is 13.1. The summed E-state index contributed by atoms with van der Waals surface area (Å²) in [5.74, 6) is -1.57. The lowest BCUT2D eigenvalue weighted by Gasteiger charge is -2.31. The molecule has 132 valence electrons. The monoisotopic (exact) mass is 344 g/mol. The van der Waals surface area contributed by atoms with E-state index in [0.29, 0.717) is 6.54 Å². The highest BCUT2D eigenvalue weighted by Crippen LogP contribution is 2.38. The summed E-state index contributed by atoms with van der Waals surface area (Å²) in [6, 6.07) is 6.59. The maximum atomic E-state index is 13.3. The van der Waals surface area contributed by atoms with Crippen LogP contribution >= 0.6 is 0 Å². The second-order valence-corrected chi connectivity index (χ2v) is 5.78. The van der Waals surface area contributed by atoms with Crippen LogP contribution in [0.2, 0.25) is 0 Å². The minimum absolute atomic E-state index is 0.0323. The van der Waals surface area contributed by atoms with Gasteiger partial charge < -0.3 is 15.3 Å². The SMILES string of the molecule is CCN1C[C@H](C(=O)NC[C@](O)(c2ccccc2)C(F)(F)F)CC1=O. The third kappa shape index (κ3) is 3.53. The molecule has 1 aliphatic rings. The van der Waals surface area contributed by atoms with E-state index < -0.39 is 30.1 Å². The summed E-state index contributed by atoms with van der Waals surface area (Å²) in [5.41, 5.74) is -3.53. The topological polar surface area (TPSA) is 69.6 Å². The Hall–Kier alpha value is -2.09. The van der Waals surface area contributed by atoms with Crippen molar-refractivity contribution in [3.8, 4) is 0 Å². The fraction of sp³-hybridized carbons (Fsp3) is 0.500. The molecule has 2 amide bonds. The number of hydrogen-bond donors (Lipinski definition) is 2. The number of amides is 2. The molecule has 1 saturated heterocycles. The molecule has 2 atom stereocenters. The molecule has 1 aliphatic heterocycles. The van der Waals surface area contributed by atoms with Gasteiger partial charge in [0.15, 0.2) is 0 Å². The van der Waals surface area contributed by atoms with Gasteiger partial charge in [0.05, 0.1) is 12.5 Å². The van der Waals surface area contributed by atoms with E-state index in [1.807, 2.05) is 0 Å². The van der Waals surface area contributed by atoms with Gasteiger partial charge in [-0.3, -0.25) is 9.59 Å². The first kappa shape index (κ1) is 18.3. The quantitative estimate of drug-likeness (QED) is 0.849. The summed E-state index contributed by atoms with van der Waals surface area (Å²) in [7, 11) is 0. The third-order valence-corrected chi connectivity index (χ3v) is 4.21. The van der Waals surface area contributed by atoms with Crippen LogP contribution in [0.4, 0.5) is 13.2 Å². The minimum Gasteiger partial charge on any atom is -0.375 e. The summed E-state index contributed by atoms with van der Waals surface area (Å²) < 4.78 is 40.0. The van der Waals surface area contributed by atoms with E-state index in [1.165, 1.54) is 23.1 Å². The number of alkyl halides is 3. The maximum Gasteiger partial charge on any atom is 0.423 e. The summed E-state index contributed by atoms with van der Waals surface area (Å²) in [4.78, 5) is 25.2. The van der Waals surface area contributed by atoms with Gasteiger partial charge in [-0.15, -0.1) is 0 Å². The first-order valence-electron chi connectivity index (χ1n) is 7.59. The van der Waals surface area contributed by atoms with Gasteiger partial charge in [-0.2, -0.15) is 13.2 Å². The fourth-order valence-corrected chi connectivity index (χ4v) is 2.69. The van der Waals surface area contributed by atoms with Gasteiger partial charge in [0.25, 0.3) is 0 Å². The van der Waals surface area contributed by atoms with E-state index in [0.717, 1.165) is 12.1 Å². The molecule has 0 saturated carbocycles. The summed E-state index contributed by atoms with van der Waals surface area (Å²) in [6.45, 7) is 1.38. The highest BCUT2D eigenvalue weighted by molar-refractivity contribution is 5.89. The van der Waals surface area contributed by atoms with Gasteiger partial charge in [0.1, 0.15) is 0 Å². The van der Waals surface area contributed by atoms with Crippen LogP contribution < -0.4 is 5.32 Å². The second kappa shape index (κ2) is 6.80. The lowest BCUT2D eigenvalue weighted by Crippen LogP contribution is -2.52. The number of halogens is 3. The number of aliphatic hydroxyl groups is 1. The minimum atomic E-state index is -4.96. The first-order valence-corrected chi connectivity index (χ1v) is 7.59. The molecule has 0 aromatic heterocycles. The molecule has 2 N–H and O–H groups in total. The van der Waals surface area contributed by atoms with Crippen molar-refractivity contribution in [3.05, 3.63) is 35.9 Å². The van der Waals surface area contributed by atoms with Crippen LogP contribution in [0.15, 0.2) is 30.3 Å². The van der Waals surface area contributed by atoms with Gasteiger partial charge in [-0.25, -0.2) is 0 Å². The van der Waals surface area contributed by atoms with Crippen molar-refractivity contribution in [2.75, 3.05) is 19.6 Å². The average Bonchev–Trinajstić information content (AvgIpc) is 2.93. The Morgan fingerprint density at radius 3 is 2.46 bits per heavy atom. The number of rotatable bonds is 5. The first-order chi connectivity index (χ1) is 11.2. The van der Waals surface area contributed by atoms with Crippen LogP contribution in [0.1, 0.15) is 18.9 Å². The van der Waals surface area contributed by atoms with Gasteiger partial charge in [-0.05, 0) is 12.5 Å². The molecular weight excluding hydrogens is 325 g/mol. The Labute approximate surface area is 137 Å².